The number of carbonyl (C=O) groups is 1. The van der Waals surface area contributed by atoms with Crippen LogP contribution in [0.2, 0.25) is 5.02 Å². The van der Waals surface area contributed by atoms with E-state index in [0.717, 1.165) is 30.5 Å². The van der Waals surface area contributed by atoms with E-state index in [4.69, 9.17) is 11.6 Å². The lowest BCUT2D eigenvalue weighted by Crippen LogP contribution is -2.27. The first-order valence-corrected chi connectivity index (χ1v) is 7.96. The Labute approximate surface area is 138 Å². The van der Waals surface area contributed by atoms with E-state index >= 15 is 0 Å². The molecular weight excluding hydrogens is 317 g/mol. The smallest absolute Gasteiger partial charge is 0.335 e. The molecule has 118 valence electrons. The Bertz CT molecular complexity index is 817. The first kappa shape index (κ1) is 14.5. The van der Waals surface area contributed by atoms with E-state index in [-0.39, 0.29) is 17.3 Å². The Kier molecular flexibility index (Phi) is 3.13. The minimum atomic E-state index is -0.924. The highest BCUT2D eigenvalue weighted by Gasteiger charge is 2.50. The van der Waals surface area contributed by atoms with Crippen molar-refractivity contribution >= 4 is 23.3 Å². The lowest BCUT2D eigenvalue weighted by atomic mass is 9.81. The molecule has 0 bridgehead atoms. The van der Waals surface area contributed by atoms with Crippen LogP contribution in [0.5, 0.6) is 0 Å². The molecule has 0 saturated heterocycles. The minimum absolute atomic E-state index is 0.0362. The summed E-state index contributed by atoms with van der Waals surface area (Å²) in [6.45, 7) is 0. The van der Waals surface area contributed by atoms with E-state index in [2.05, 4.69) is 5.32 Å². The number of halogens is 2. The van der Waals surface area contributed by atoms with Gasteiger partial charge in [0.15, 0.2) is 0 Å². The first-order valence-electron chi connectivity index (χ1n) is 7.58. The molecule has 2 aromatic carbocycles. The zero-order valence-corrected chi connectivity index (χ0v) is 13.0. The molecule has 0 aromatic heterocycles. The molecule has 4 rings (SSSR count). The summed E-state index contributed by atoms with van der Waals surface area (Å²) in [5.74, 6) is -1.19. The third kappa shape index (κ3) is 2.38. The fourth-order valence-electron chi connectivity index (χ4n) is 3.58. The molecule has 0 radical (unpaired) electrons. The highest BCUT2D eigenvalue weighted by Crippen LogP contribution is 2.59. The number of anilines is 1. The second-order valence-electron chi connectivity index (χ2n) is 6.41. The Morgan fingerprint density at radius 2 is 2.04 bits per heavy atom. The van der Waals surface area contributed by atoms with Crippen molar-refractivity contribution < 1.29 is 14.3 Å². The Morgan fingerprint density at radius 1 is 1.26 bits per heavy atom. The molecule has 2 aromatic rings. The van der Waals surface area contributed by atoms with Crippen LogP contribution in [-0.4, -0.2) is 11.1 Å². The quantitative estimate of drug-likeness (QED) is 0.833. The fraction of sp³-hybridized carbons (Fsp3) is 0.278. The maximum atomic E-state index is 14.2. The number of hydrogen-bond acceptors (Lipinski definition) is 2. The van der Waals surface area contributed by atoms with Crippen LogP contribution in [0.25, 0.3) is 0 Å². The second-order valence-corrected chi connectivity index (χ2v) is 6.85. The van der Waals surface area contributed by atoms with Gasteiger partial charge in [-0.15, -0.1) is 0 Å². The van der Waals surface area contributed by atoms with Crippen molar-refractivity contribution in [1.29, 1.82) is 0 Å². The standard InChI is InChI=1S/C18H15ClFNO2/c19-11-2-3-14(20)12(8-11)16-9-18(5-6-18)13-7-10(17(22)23)1-4-15(13)21-16/h1-4,7-8,16,21H,5-6,9H2,(H,22,23). The number of hydrogen-bond donors (Lipinski definition) is 2. The third-order valence-corrected chi connectivity index (χ3v) is 5.18. The summed E-state index contributed by atoms with van der Waals surface area (Å²) in [5.41, 5.74) is 2.76. The van der Waals surface area contributed by atoms with Gasteiger partial charge in [-0.05, 0) is 66.6 Å². The van der Waals surface area contributed by atoms with Crippen LogP contribution < -0.4 is 5.32 Å². The predicted octanol–water partition coefficient (Wildman–Crippen LogP) is 4.77. The molecule has 23 heavy (non-hydrogen) atoms. The second kappa shape index (κ2) is 4.96. The van der Waals surface area contributed by atoms with E-state index < -0.39 is 5.97 Å². The maximum absolute atomic E-state index is 14.2. The minimum Gasteiger partial charge on any atom is -0.478 e. The number of carboxylic acid groups (broad SMARTS) is 1. The van der Waals surface area contributed by atoms with Crippen LogP contribution >= 0.6 is 11.6 Å². The summed E-state index contributed by atoms with van der Waals surface area (Å²) in [6.07, 6.45) is 2.76. The zero-order chi connectivity index (χ0) is 16.2. The van der Waals surface area contributed by atoms with Crippen LogP contribution in [0, 0.1) is 5.82 Å². The van der Waals surface area contributed by atoms with Gasteiger partial charge in [0.25, 0.3) is 0 Å². The van der Waals surface area contributed by atoms with Gasteiger partial charge in [0.2, 0.25) is 0 Å². The lowest BCUT2D eigenvalue weighted by Gasteiger charge is -2.34. The van der Waals surface area contributed by atoms with Crippen molar-refractivity contribution in [2.24, 2.45) is 0 Å². The Balaban J connectivity index is 1.76. The van der Waals surface area contributed by atoms with E-state index in [1.54, 1.807) is 30.3 Å². The number of rotatable bonds is 2. The third-order valence-electron chi connectivity index (χ3n) is 4.95. The number of aromatic carboxylic acids is 1. The van der Waals surface area contributed by atoms with Crippen LogP contribution in [0.4, 0.5) is 10.1 Å². The van der Waals surface area contributed by atoms with Crippen molar-refractivity contribution in [2.75, 3.05) is 5.32 Å². The average molecular weight is 332 g/mol. The topological polar surface area (TPSA) is 49.3 Å². The van der Waals surface area contributed by atoms with Crippen LogP contribution in [-0.2, 0) is 5.41 Å². The normalized spacial score (nSPS) is 20.7. The molecule has 5 heteroatoms. The van der Waals surface area contributed by atoms with Gasteiger partial charge in [0.05, 0.1) is 11.6 Å². The molecule has 1 unspecified atom stereocenters. The van der Waals surface area contributed by atoms with E-state index in [1.165, 1.54) is 6.07 Å². The molecule has 1 atom stereocenters. The average Bonchev–Trinajstić information content (AvgIpc) is 3.29. The predicted molar refractivity (Wildman–Crippen MR) is 86.7 cm³/mol. The molecule has 2 N–H and O–H groups in total. The summed E-state index contributed by atoms with van der Waals surface area (Å²) >= 11 is 6.02. The number of carboxylic acids is 1. The highest BCUT2D eigenvalue weighted by molar-refractivity contribution is 6.30. The van der Waals surface area contributed by atoms with Crippen molar-refractivity contribution in [3.63, 3.8) is 0 Å². The maximum Gasteiger partial charge on any atom is 0.335 e. The highest BCUT2D eigenvalue weighted by atomic mass is 35.5. The van der Waals surface area contributed by atoms with Gasteiger partial charge < -0.3 is 10.4 Å². The van der Waals surface area contributed by atoms with Gasteiger partial charge in [-0.2, -0.15) is 0 Å². The van der Waals surface area contributed by atoms with Crippen LogP contribution in [0.3, 0.4) is 0 Å². The summed E-state index contributed by atoms with van der Waals surface area (Å²) in [5, 5.41) is 13.1. The van der Waals surface area contributed by atoms with E-state index in [9.17, 15) is 14.3 Å². The molecule has 1 heterocycles. The summed E-state index contributed by atoms with van der Waals surface area (Å²) in [4.78, 5) is 11.2. The lowest BCUT2D eigenvalue weighted by molar-refractivity contribution is 0.0696. The number of benzene rings is 2. The van der Waals surface area contributed by atoms with E-state index in [0.29, 0.717) is 16.1 Å². The molecule has 1 aliphatic carbocycles. The molecule has 1 fully saturated rings. The number of fused-ring (bicyclic) bond motifs is 2. The van der Waals surface area contributed by atoms with Gasteiger partial charge in [-0.1, -0.05) is 11.6 Å². The Hall–Kier alpha value is -2.07. The molecule has 1 aliphatic heterocycles. The molecule has 0 amide bonds. The van der Waals surface area contributed by atoms with Crippen molar-refractivity contribution in [1.82, 2.24) is 0 Å². The Morgan fingerprint density at radius 3 is 2.74 bits per heavy atom. The van der Waals surface area contributed by atoms with Crippen molar-refractivity contribution in [3.05, 3.63) is 63.9 Å². The molecule has 1 saturated carbocycles. The molecular formula is C18H15ClFNO2. The SMILES string of the molecule is O=C(O)c1ccc2c(c1)C1(CC1)CC(c1cc(Cl)ccc1F)N2. The summed E-state index contributed by atoms with van der Waals surface area (Å²) in [6, 6.07) is 9.57. The molecule has 3 nitrogen and oxygen atoms in total. The zero-order valence-electron chi connectivity index (χ0n) is 12.3. The summed E-state index contributed by atoms with van der Waals surface area (Å²) < 4.78 is 14.2. The van der Waals surface area contributed by atoms with Crippen molar-refractivity contribution in [3.8, 4) is 0 Å². The van der Waals surface area contributed by atoms with E-state index in [1.807, 2.05) is 0 Å². The van der Waals surface area contributed by atoms with Crippen LogP contribution in [0.15, 0.2) is 36.4 Å². The van der Waals surface area contributed by atoms with Gasteiger partial charge in [0, 0.05) is 16.3 Å². The molecule has 2 aliphatic rings. The largest absolute Gasteiger partial charge is 0.478 e. The molecule has 1 spiro atoms. The van der Waals surface area contributed by atoms with Gasteiger partial charge in [-0.25, -0.2) is 9.18 Å². The van der Waals surface area contributed by atoms with Gasteiger partial charge in [0.1, 0.15) is 5.82 Å². The van der Waals surface area contributed by atoms with Gasteiger partial charge >= 0.3 is 5.97 Å². The van der Waals surface area contributed by atoms with Gasteiger partial charge in [-0.3, -0.25) is 0 Å². The monoisotopic (exact) mass is 331 g/mol. The van der Waals surface area contributed by atoms with Crippen LogP contribution in [0.1, 0.15) is 46.8 Å². The fourth-order valence-corrected chi connectivity index (χ4v) is 3.76. The number of nitrogens with one attached hydrogen (secondary N) is 1. The summed E-state index contributed by atoms with van der Waals surface area (Å²) in [7, 11) is 0. The van der Waals surface area contributed by atoms with Crippen molar-refractivity contribution in [2.45, 2.75) is 30.7 Å². The first-order chi connectivity index (χ1) is 11.0.